The molecule has 0 aliphatic rings. The van der Waals surface area contributed by atoms with E-state index < -0.39 is 23.6 Å². The van der Waals surface area contributed by atoms with Crippen molar-refractivity contribution in [2.45, 2.75) is 26.4 Å². The first-order chi connectivity index (χ1) is 13.2. The molecule has 2 aromatic rings. The van der Waals surface area contributed by atoms with Gasteiger partial charge >= 0.3 is 12.1 Å². The van der Waals surface area contributed by atoms with Gasteiger partial charge in [-0.1, -0.05) is 48.5 Å². The van der Waals surface area contributed by atoms with Crippen molar-refractivity contribution in [1.82, 2.24) is 4.90 Å². The highest BCUT2D eigenvalue weighted by molar-refractivity contribution is 6.11. The standard InChI is InChI=1S/C22H23NO5/c1-22(2,3)28-21(26)23(19(24)17-13-9-6-10-14-17)18(20(25)27-4)15-16-11-7-5-8-12-16/h5-15H,1-4H3/b18-15+. The average Bonchev–Trinajstić information content (AvgIpc) is 2.66. The van der Waals surface area contributed by atoms with Gasteiger partial charge in [0.2, 0.25) is 0 Å². The van der Waals surface area contributed by atoms with Crippen molar-refractivity contribution in [3.63, 3.8) is 0 Å². The van der Waals surface area contributed by atoms with Gasteiger partial charge in [0.05, 0.1) is 7.11 Å². The summed E-state index contributed by atoms with van der Waals surface area (Å²) in [6, 6.07) is 17.0. The molecule has 0 aromatic heterocycles. The van der Waals surface area contributed by atoms with Crippen LogP contribution in [0.4, 0.5) is 4.79 Å². The van der Waals surface area contributed by atoms with Crippen LogP contribution < -0.4 is 0 Å². The van der Waals surface area contributed by atoms with Crippen LogP contribution in [0.25, 0.3) is 6.08 Å². The van der Waals surface area contributed by atoms with Gasteiger partial charge in [-0.15, -0.1) is 0 Å². The fourth-order valence-corrected chi connectivity index (χ4v) is 2.33. The van der Waals surface area contributed by atoms with Gasteiger partial charge in [-0.05, 0) is 44.5 Å². The summed E-state index contributed by atoms with van der Waals surface area (Å²) < 4.78 is 10.2. The number of nitrogens with zero attached hydrogens (tertiary/aromatic N) is 1. The Balaban J connectivity index is 2.58. The summed E-state index contributed by atoms with van der Waals surface area (Å²) in [6.07, 6.45) is 0.449. The van der Waals surface area contributed by atoms with Gasteiger partial charge in [0.25, 0.3) is 5.91 Å². The van der Waals surface area contributed by atoms with Crippen LogP contribution in [-0.4, -0.2) is 35.6 Å². The molecule has 0 saturated carbocycles. The maximum atomic E-state index is 13.1. The second-order valence-electron chi connectivity index (χ2n) is 6.92. The molecular formula is C22H23NO5. The first-order valence-corrected chi connectivity index (χ1v) is 8.70. The number of hydrogen-bond donors (Lipinski definition) is 0. The number of carbonyl (C=O) groups excluding carboxylic acids is 3. The van der Waals surface area contributed by atoms with E-state index in [0.717, 1.165) is 0 Å². The van der Waals surface area contributed by atoms with E-state index in [1.807, 2.05) is 6.07 Å². The number of ether oxygens (including phenoxy) is 2. The number of rotatable bonds is 4. The first-order valence-electron chi connectivity index (χ1n) is 8.70. The quantitative estimate of drug-likeness (QED) is 0.584. The van der Waals surface area contributed by atoms with E-state index in [0.29, 0.717) is 10.5 Å². The Morgan fingerprint density at radius 3 is 1.93 bits per heavy atom. The topological polar surface area (TPSA) is 72.9 Å². The number of esters is 1. The zero-order chi connectivity index (χ0) is 20.7. The van der Waals surface area contributed by atoms with Crippen molar-refractivity contribution in [1.29, 1.82) is 0 Å². The number of benzene rings is 2. The summed E-state index contributed by atoms with van der Waals surface area (Å²) in [4.78, 5) is 39.1. The zero-order valence-corrected chi connectivity index (χ0v) is 16.3. The Morgan fingerprint density at radius 1 is 0.893 bits per heavy atom. The Bertz CT molecular complexity index is 867. The molecule has 0 aliphatic carbocycles. The van der Waals surface area contributed by atoms with E-state index in [4.69, 9.17) is 9.47 Å². The van der Waals surface area contributed by atoms with Crippen LogP contribution in [-0.2, 0) is 14.3 Å². The summed E-state index contributed by atoms with van der Waals surface area (Å²) >= 11 is 0. The number of methoxy groups -OCH3 is 1. The Morgan fingerprint density at radius 2 is 1.43 bits per heavy atom. The highest BCUT2D eigenvalue weighted by atomic mass is 16.6. The van der Waals surface area contributed by atoms with Gasteiger partial charge in [-0.3, -0.25) is 4.79 Å². The van der Waals surface area contributed by atoms with Crippen LogP contribution in [0, 0.1) is 0 Å². The number of carbonyl (C=O) groups is 3. The Labute approximate surface area is 164 Å². The Kier molecular flexibility index (Phi) is 6.71. The van der Waals surface area contributed by atoms with Crippen molar-refractivity contribution in [3.8, 4) is 0 Å². The molecule has 0 saturated heterocycles. The van der Waals surface area contributed by atoms with Gasteiger partial charge in [-0.2, -0.15) is 0 Å². The first kappa shape index (κ1) is 20.9. The number of hydrogen-bond acceptors (Lipinski definition) is 5. The smallest absolute Gasteiger partial charge is 0.422 e. The molecule has 0 heterocycles. The molecule has 6 nitrogen and oxygen atoms in total. The minimum Gasteiger partial charge on any atom is -0.464 e. The molecule has 0 N–H and O–H groups in total. The molecule has 0 atom stereocenters. The van der Waals surface area contributed by atoms with Crippen LogP contribution in [0.15, 0.2) is 66.4 Å². The maximum Gasteiger partial charge on any atom is 0.422 e. The van der Waals surface area contributed by atoms with Crippen molar-refractivity contribution in [3.05, 3.63) is 77.5 Å². The molecule has 2 rings (SSSR count). The lowest BCUT2D eigenvalue weighted by Gasteiger charge is -2.27. The molecule has 2 aromatic carbocycles. The van der Waals surface area contributed by atoms with Crippen molar-refractivity contribution < 1.29 is 23.9 Å². The van der Waals surface area contributed by atoms with Crippen molar-refractivity contribution in [2.24, 2.45) is 0 Å². The fourth-order valence-electron chi connectivity index (χ4n) is 2.33. The summed E-state index contributed by atoms with van der Waals surface area (Å²) in [7, 11) is 1.18. The van der Waals surface area contributed by atoms with Crippen LogP contribution in [0.3, 0.4) is 0 Å². The average molecular weight is 381 g/mol. The molecule has 0 aliphatic heterocycles. The van der Waals surface area contributed by atoms with Gasteiger partial charge in [0, 0.05) is 5.56 Å². The molecule has 0 radical (unpaired) electrons. The lowest BCUT2D eigenvalue weighted by molar-refractivity contribution is -0.137. The van der Waals surface area contributed by atoms with Crippen LogP contribution in [0.1, 0.15) is 36.7 Å². The highest BCUT2D eigenvalue weighted by Crippen LogP contribution is 2.20. The summed E-state index contributed by atoms with van der Waals surface area (Å²) in [5.41, 5.74) is -0.245. The minimum atomic E-state index is -0.964. The molecule has 0 fully saturated rings. The second-order valence-corrected chi connectivity index (χ2v) is 6.92. The Hall–Kier alpha value is -3.41. The van der Waals surface area contributed by atoms with Gasteiger partial charge in [-0.25, -0.2) is 14.5 Å². The lowest BCUT2D eigenvalue weighted by Crippen LogP contribution is -2.42. The van der Waals surface area contributed by atoms with E-state index in [2.05, 4.69) is 0 Å². The van der Waals surface area contributed by atoms with E-state index in [-0.39, 0.29) is 11.3 Å². The summed E-state index contributed by atoms with van der Waals surface area (Å²) in [5, 5.41) is 0. The molecule has 2 amide bonds. The normalized spacial score (nSPS) is 11.5. The van der Waals surface area contributed by atoms with E-state index in [1.54, 1.807) is 75.4 Å². The third-order valence-electron chi connectivity index (χ3n) is 3.54. The third kappa shape index (κ3) is 5.54. The molecule has 0 spiro atoms. The number of amides is 2. The van der Waals surface area contributed by atoms with Crippen LogP contribution in [0.5, 0.6) is 0 Å². The van der Waals surface area contributed by atoms with Gasteiger partial charge in [0.15, 0.2) is 0 Å². The number of imide groups is 1. The van der Waals surface area contributed by atoms with Crippen LogP contribution >= 0.6 is 0 Å². The molecule has 0 unspecified atom stereocenters. The zero-order valence-electron chi connectivity index (χ0n) is 16.3. The predicted octanol–water partition coefficient (Wildman–Crippen LogP) is 4.28. The summed E-state index contributed by atoms with van der Waals surface area (Å²) in [6.45, 7) is 5.03. The highest BCUT2D eigenvalue weighted by Gasteiger charge is 2.34. The molecule has 6 heteroatoms. The fraction of sp³-hybridized carbons (Fsp3) is 0.227. The van der Waals surface area contributed by atoms with Crippen LogP contribution in [0.2, 0.25) is 0 Å². The minimum absolute atomic E-state index is 0.233. The van der Waals surface area contributed by atoms with E-state index >= 15 is 0 Å². The monoisotopic (exact) mass is 381 g/mol. The molecular weight excluding hydrogens is 358 g/mol. The van der Waals surface area contributed by atoms with E-state index in [9.17, 15) is 14.4 Å². The summed E-state index contributed by atoms with van der Waals surface area (Å²) in [5.74, 6) is -1.53. The van der Waals surface area contributed by atoms with Gasteiger partial charge in [0.1, 0.15) is 11.3 Å². The van der Waals surface area contributed by atoms with Crippen molar-refractivity contribution in [2.75, 3.05) is 7.11 Å². The lowest BCUT2D eigenvalue weighted by atomic mass is 10.1. The van der Waals surface area contributed by atoms with Crippen molar-refractivity contribution >= 4 is 24.0 Å². The third-order valence-corrected chi connectivity index (χ3v) is 3.54. The SMILES string of the molecule is COC(=O)/C(=C\c1ccccc1)N(C(=O)OC(C)(C)C)C(=O)c1ccccc1. The molecule has 28 heavy (non-hydrogen) atoms. The molecule has 146 valence electrons. The largest absolute Gasteiger partial charge is 0.464 e. The molecule has 0 bridgehead atoms. The maximum absolute atomic E-state index is 13.1. The second kappa shape index (κ2) is 8.99. The van der Waals surface area contributed by atoms with Gasteiger partial charge < -0.3 is 9.47 Å². The predicted molar refractivity (Wildman–Crippen MR) is 105 cm³/mol. The van der Waals surface area contributed by atoms with E-state index in [1.165, 1.54) is 13.2 Å².